The molecular weight excluding hydrogens is 186 g/mol. The van der Waals surface area contributed by atoms with Crippen molar-refractivity contribution >= 4 is 11.8 Å². The van der Waals surface area contributed by atoms with Crippen molar-refractivity contribution in [1.29, 1.82) is 0 Å². The van der Waals surface area contributed by atoms with Gasteiger partial charge in [-0.05, 0) is 13.3 Å². The van der Waals surface area contributed by atoms with Gasteiger partial charge in [0.05, 0.1) is 0 Å². The quantitative estimate of drug-likeness (QED) is 0.445. The van der Waals surface area contributed by atoms with Crippen LogP contribution in [0.15, 0.2) is 0 Å². The van der Waals surface area contributed by atoms with E-state index >= 15 is 0 Å². The minimum atomic E-state index is -2.21. The minimum Gasteiger partial charge on any atom is -0.479 e. The van der Waals surface area contributed by atoms with Gasteiger partial charge >= 0.3 is 5.97 Å². The monoisotopic (exact) mass is 205 g/mol. The Balaban J connectivity index is 0. The number of hydrogen-bond donors (Lipinski definition) is 3. The van der Waals surface area contributed by atoms with Crippen LogP contribution in [0.4, 0.5) is 0 Å². The van der Waals surface area contributed by atoms with Crippen molar-refractivity contribution in [2.24, 2.45) is 0 Å². The fourth-order valence-corrected chi connectivity index (χ4v) is 0.898. The van der Waals surface area contributed by atoms with Crippen molar-refractivity contribution in [1.82, 2.24) is 6.15 Å². The highest BCUT2D eigenvalue weighted by Gasteiger charge is 2.37. The van der Waals surface area contributed by atoms with E-state index in [2.05, 4.69) is 0 Å². The summed E-state index contributed by atoms with van der Waals surface area (Å²) >= 11 is 0. The third-order valence-corrected chi connectivity index (χ3v) is 1.97. The highest BCUT2D eigenvalue weighted by molar-refractivity contribution is 6.05. The number of hydrogen-bond acceptors (Lipinski definition) is 4. The number of carboxylic acids is 1. The molecule has 14 heavy (non-hydrogen) atoms. The van der Waals surface area contributed by atoms with Gasteiger partial charge in [-0.1, -0.05) is 19.8 Å². The third kappa shape index (κ3) is 4.34. The second-order valence-corrected chi connectivity index (χ2v) is 3.26. The third-order valence-electron chi connectivity index (χ3n) is 1.97. The van der Waals surface area contributed by atoms with E-state index in [9.17, 15) is 14.7 Å². The van der Waals surface area contributed by atoms with Crippen molar-refractivity contribution in [3.8, 4) is 0 Å². The molecule has 0 saturated heterocycles. The maximum Gasteiger partial charge on any atom is 0.343 e. The van der Waals surface area contributed by atoms with Gasteiger partial charge in [0.2, 0.25) is 5.60 Å². The normalized spacial score (nSPS) is 13.9. The topological polar surface area (TPSA) is 110 Å². The number of Topliss-reactive ketones (excluding diaryl/α,β-unsaturated/α-hetero) is 1. The summed E-state index contributed by atoms with van der Waals surface area (Å²) in [6, 6.07) is 0. The summed E-state index contributed by atoms with van der Waals surface area (Å²) in [4.78, 5) is 21.6. The molecule has 0 aliphatic heterocycles. The molecule has 0 aromatic carbocycles. The predicted octanol–water partition coefficient (Wildman–Crippen LogP) is 1.13. The summed E-state index contributed by atoms with van der Waals surface area (Å²) < 4.78 is 0. The molecule has 5 heteroatoms. The van der Waals surface area contributed by atoms with E-state index in [-0.39, 0.29) is 12.6 Å². The molecule has 0 radical (unpaired) electrons. The highest BCUT2D eigenvalue weighted by Crippen LogP contribution is 2.11. The van der Waals surface area contributed by atoms with Gasteiger partial charge in [0.15, 0.2) is 5.78 Å². The molecule has 5 nitrogen and oxygen atoms in total. The Morgan fingerprint density at radius 1 is 1.29 bits per heavy atom. The van der Waals surface area contributed by atoms with Crippen LogP contribution in [-0.4, -0.2) is 27.6 Å². The Morgan fingerprint density at radius 2 is 1.79 bits per heavy atom. The summed E-state index contributed by atoms with van der Waals surface area (Å²) in [5.74, 6) is -2.09. The Morgan fingerprint density at radius 3 is 2.14 bits per heavy atom. The summed E-state index contributed by atoms with van der Waals surface area (Å²) in [5, 5.41) is 17.7. The number of carbonyl (C=O) groups is 2. The zero-order valence-electron chi connectivity index (χ0n) is 8.75. The van der Waals surface area contributed by atoms with E-state index in [1.807, 2.05) is 6.92 Å². The zero-order valence-corrected chi connectivity index (χ0v) is 8.75. The van der Waals surface area contributed by atoms with Gasteiger partial charge in [-0.2, -0.15) is 0 Å². The SMILES string of the molecule is CCCCCC(=O)C(C)(O)C(=O)O.N. The van der Waals surface area contributed by atoms with Crippen molar-refractivity contribution in [2.45, 2.75) is 45.1 Å². The van der Waals surface area contributed by atoms with E-state index in [0.717, 1.165) is 19.8 Å². The smallest absolute Gasteiger partial charge is 0.343 e. The number of aliphatic carboxylic acids is 1. The largest absolute Gasteiger partial charge is 0.479 e. The molecule has 0 aliphatic carbocycles. The maximum atomic E-state index is 11.2. The van der Waals surface area contributed by atoms with Crippen LogP contribution in [0, 0.1) is 0 Å². The molecule has 1 atom stereocenters. The molecule has 1 unspecified atom stereocenters. The second kappa shape index (κ2) is 6.50. The van der Waals surface area contributed by atoms with Crippen LogP contribution in [0.5, 0.6) is 0 Å². The van der Waals surface area contributed by atoms with Gasteiger partial charge < -0.3 is 16.4 Å². The molecule has 5 N–H and O–H groups in total. The van der Waals surface area contributed by atoms with Gasteiger partial charge in [-0.25, -0.2) is 4.79 Å². The lowest BCUT2D eigenvalue weighted by molar-refractivity contribution is -0.163. The molecule has 0 heterocycles. The molecule has 0 saturated carbocycles. The van der Waals surface area contributed by atoms with E-state index in [1.54, 1.807) is 0 Å². The van der Waals surface area contributed by atoms with Gasteiger partial charge in [0.25, 0.3) is 0 Å². The summed E-state index contributed by atoms with van der Waals surface area (Å²) in [5.41, 5.74) is -2.21. The Bertz CT molecular complexity index is 201. The predicted molar refractivity (Wildman–Crippen MR) is 52.4 cm³/mol. The number of ketones is 1. The van der Waals surface area contributed by atoms with Crippen LogP contribution < -0.4 is 6.15 Å². The van der Waals surface area contributed by atoms with Crippen LogP contribution in [0.1, 0.15) is 39.5 Å². The summed E-state index contributed by atoms with van der Waals surface area (Å²) in [6.07, 6.45) is 2.61. The van der Waals surface area contributed by atoms with E-state index in [1.165, 1.54) is 0 Å². The number of carbonyl (C=O) groups excluding carboxylic acids is 1. The molecule has 0 aromatic heterocycles. The molecule has 0 bridgehead atoms. The number of rotatable bonds is 6. The van der Waals surface area contributed by atoms with Gasteiger partial charge in [-0.15, -0.1) is 0 Å². The van der Waals surface area contributed by atoms with Crippen LogP contribution in [0.3, 0.4) is 0 Å². The first-order valence-corrected chi connectivity index (χ1v) is 4.42. The van der Waals surface area contributed by atoms with Crippen LogP contribution in [0.25, 0.3) is 0 Å². The lowest BCUT2D eigenvalue weighted by Gasteiger charge is -2.15. The van der Waals surface area contributed by atoms with Crippen molar-refractivity contribution < 1.29 is 19.8 Å². The van der Waals surface area contributed by atoms with Gasteiger partial charge in [-0.3, -0.25) is 4.79 Å². The molecule has 0 aliphatic rings. The molecule has 84 valence electrons. The standard InChI is InChI=1S/C9H16O4.H3N/c1-3-4-5-6-7(10)9(2,13)8(11)12;/h13H,3-6H2,1-2H3,(H,11,12);1H3. The highest BCUT2D eigenvalue weighted by atomic mass is 16.4. The molecule has 0 fully saturated rings. The lowest BCUT2D eigenvalue weighted by atomic mass is 9.96. The number of unbranched alkanes of at least 4 members (excludes halogenated alkanes) is 2. The number of aliphatic hydroxyl groups is 1. The molecule has 0 spiro atoms. The van der Waals surface area contributed by atoms with E-state index in [4.69, 9.17) is 5.11 Å². The minimum absolute atomic E-state index is 0. The Hall–Kier alpha value is -0.940. The fraction of sp³-hybridized carbons (Fsp3) is 0.778. The van der Waals surface area contributed by atoms with Crippen LogP contribution in [0.2, 0.25) is 0 Å². The maximum absolute atomic E-state index is 11.2. The summed E-state index contributed by atoms with van der Waals surface area (Å²) in [6.45, 7) is 3.00. The average molecular weight is 205 g/mol. The zero-order chi connectivity index (χ0) is 10.5. The second-order valence-electron chi connectivity index (χ2n) is 3.26. The van der Waals surface area contributed by atoms with Crippen molar-refractivity contribution in [3.05, 3.63) is 0 Å². The molecule has 0 aromatic rings. The lowest BCUT2D eigenvalue weighted by Crippen LogP contribution is -2.43. The van der Waals surface area contributed by atoms with Crippen LogP contribution in [-0.2, 0) is 9.59 Å². The Labute approximate surface area is 83.7 Å². The number of carboxylic acid groups (broad SMARTS) is 1. The first-order valence-electron chi connectivity index (χ1n) is 4.42. The fourth-order valence-electron chi connectivity index (χ4n) is 0.898. The van der Waals surface area contributed by atoms with E-state index < -0.39 is 17.4 Å². The first-order chi connectivity index (χ1) is 5.92. The molecule has 0 rings (SSSR count). The average Bonchev–Trinajstić information content (AvgIpc) is 2.04. The first kappa shape index (κ1) is 15.5. The van der Waals surface area contributed by atoms with E-state index in [0.29, 0.717) is 6.42 Å². The summed E-state index contributed by atoms with van der Waals surface area (Å²) in [7, 11) is 0. The molecule has 0 amide bonds. The van der Waals surface area contributed by atoms with Gasteiger partial charge in [0.1, 0.15) is 0 Å². The molecular formula is C9H19NO4. The van der Waals surface area contributed by atoms with Crippen LogP contribution >= 0.6 is 0 Å². The van der Waals surface area contributed by atoms with Gasteiger partial charge in [0, 0.05) is 6.42 Å². The van der Waals surface area contributed by atoms with Crippen molar-refractivity contribution in [3.63, 3.8) is 0 Å². The van der Waals surface area contributed by atoms with Crippen molar-refractivity contribution in [2.75, 3.05) is 0 Å². The Kier molecular flexibility index (Phi) is 7.21.